The number of aldehydes is 1. The molecule has 0 aromatic carbocycles. The van der Waals surface area contributed by atoms with Gasteiger partial charge in [-0.1, -0.05) is 13.8 Å². The zero-order valence-corrected chi connectivity index (χ0v) is 14.2. The van der Waals surface area contributed by atoms with Crippen molar-refractivity contribution in [2.24, 2.45) is 5.92 Å². The number of hydrogen-bond acceptors (Lipinski definition) is 5. The van der Waals surface area contributed by atoms with Gasteiger partial charge in [0.25, 0.3) is 6.47 Å². The van der Waals surface area contributed by atoms with E-state index in [-0.39, 0.29) is 12.6 Å². The van der Waals surface area contributed by atoms with Crippen LogP contribution in [0.15, 0.2) is 0 Å². The van der Waals surface area contributed by atoms with Crippen LogP contribution < -0.4 is 5.32 Å². The van der Waals surface area contributed by atoms with Crippen molar-refractivity contribution >= 4 is 19.2 Å². The molecule has 0 radical (unpaired) electrons. The number of likely N-dealkylation sites (tertiary alicyclic amines) is 1. The van der Waals surface area contributed by atoms with E-state index in [0.717, 1.165) is 12.0 Å². The molecule has 7 heteroatoms. The van der Waals surface area contributed by atoms with Gasteiger partial charge in [0, 0.05) is 13.2 Å². The summed E-state index contributed by atoms with van der Waals surface area (Å²) in [5, 5.41) is 9.20. The molecule has 2 N–H and O–H groups in total. The highest BCUT2D eigenvalue weighted by Gasteiger charge is 2.44. The van der Waals surface area contributed by atoms with E-state index < -0.39 is 6.04 Å². The van der Waals surface area contributed by atoms with Gasteiger partial charge in [0.1, 0.15) is 12.3 Å². The van der Waals surface area contributed by atoms with Crippen LogP contribution in [0.4, 0.5) is 0 Å². The molecule has 2 aliphatic rings. The van der Waals surface area contributed by atoms with Gasteiger partial charge in [-0.2, -0.15) is 0 Å². The minimum atomic E-state index is -0.539. The molecule has 1 aliphatic carbocycles. The fourth-order valence-electron chi connectivity index (χ4n) is 2.13. The number of hydrogen-bond donors (Lipinski definition) is 2. The molecule has 1 saturated heterocycles. The summed E-state index contributed by atoms with van der Waals surface area (Å²) in [5.41, 5.74) is 0. The lowest BCUT2D eigenvalue weighted by molar-refractivity contribution is -0.122. The second-order valence-corrected chi connectivity index (χ2v) is 4.83. The molecule has 1 heterocycles. The zero-order valence-electron chi connectivity index (χ0n) is 14.2. The second kappa shape index (κ2) is 14.5. The van der Waals surface area contributed by atoms with Crippen molar-refractivity contribution in [3.8, 4) is 0 Å². The van der Waals surface area contributed by atoms with Crippen LogP contribution in [0.3, 0.4) is 0 Å². The fourth-order valence-corrected chi connectivity index (χ4v) is 2.13. The molecule has 1 amide bonds. The van der Waals surface area contributed by atoms with E-state index >= 15 is 0 Å². The maximum atomic E-state index is 10.2. The first-order chi connectivity index (χ1) is 10.5. The van der Waals surface area contributed by atoms with E-state index in [1.807, 2.05) is 13.8 Å². The third-order valence-corrected chi connectivity index (χ3v) is 3.59. The lowest BCUT2D eigenvalue weighted by Crippen LogP contribution is -2.39. The number of piperidine rings is 1. The topological polar surface area (TPSA) is 95.9 Å². The first kappa shape index (κ1) is 22.8. The van der Waals surface area contributed by atoms with Crippen LogP contribution in [0, 0.1) is 5.92 Å². The summed E-state index contributed by atoms with van der Waals surface area (Å²) in [7, 11) is 3.71. The third kappa shape index (κ3) is 9.46. The number of fused-ring (bicyclic) bond motifs is 1. The maximum Gasteiger partial charge on any atom is 0.290 e. The van der Waals surface area contributed by atoms with Crippen LogP contribution in [0.5, 0.6) is 0 Å². The minimum Gasteiger partial charge on any atom is -0.483 e. The van der Waals surface area contributed by atoms with E-state index in [2.05, 4.69) is 17.3 Å². The number of amides is 1. The molecular formula is C15H30N2O5. The Labute approximate surface area is 133 Å². The summed E-state index contributed by atoms with van der Waals surface area (Å²) < 4.78 is 4.80. The summed E-state index contributed by atoms with van der Waals surface area (Å²) in [4.78, 5) is 30.9. The van der Waals surface area contributed by atoms with Gasteiger partial charge in [-0.3, -0.25) is 9.59 Å². The largest absolute Gasteiger partial charge is 0.483 e. The monoisotopic (exact) mass is 318 g/mol. The Morgan fingerprint density at radius 3 is 2.05 bits per heavy atom. The van der Waals surface area contributed by atoms with Gasteiger partial charge in [0.2, 0.25) is 6.41 Å². The molecule has 4 atom stereocenters. The van der Waals surface area contributed by atoms with Crippen LogP contribution in [-0.2, 0) is 19.1 Å². The Morgan fingerprint density at radius 1 is 1.32 bits per heavy atom. The molecule has 0 spiro atoms. The number of rotatable bonds is 5. The Morgan fingerprint density at radius 2 is 1.86 bits per heavy atom. The third-order valence-electron chi connectivity index (χ3n) is 3.59. The summed E-state index contributed by atoms with van der Waals surface area (Å²) >= 11 is 0. The van der Waals surface area contributed by atoms with Gasteiger partial charge >= 0.3 is 0 Å². The smallest absolute Gasteiger partial charge is 0.290 e. The molecule has 3 unspecified atom stereocenters. The fraction of sp³-hybridized carbons (Fsp3) is 0.800. The molecular weight excluding hydrogens is 288 g/mol. The SMILES string of the molecule is CC.CN1CCC2CC21.CO[C@@H](C)C(C=O)NC=O.O=CO. The Bertz CT molecular complexity index is 302. The van der Waals surface area contributed by atoms with Crippen molar-refractivity contribution in [1.29, 1.82) is 0 Å². The number of carbonyl (C=O) groups excluding carboxylic acids is 2. The first-order valence-electron chi connectivity index (χ1n) is 7.51. The number of methoxy groups -OCH3 is 1. The molecule has 2 rings (SSSR count). The summed E-state index contributed by atoms with van der Waals surface area (Å²) in [6, 6.07) is 0.475. The normalized spacial score (nSPS) is 23.5. The van der Waals surface area contributed by atoms with Crippen molar-refractivity contribution in [2.45, 2.75) is 51.8 Å². The van der Waals surface area contributed by atoms with Crippen molar-refractivity contribution in [3.63, 3.8) is 0 Å². The van der Waals surface area contributed by atoms with Gasteiger partial charge in [-0.15, -0.1) is 0 Å². The van der Waals surface area contributed by atoms with Crippen molar-refractivity contribution in [2.75, 3.05) is 20.7 Å². The van der Waals surface area contributed by atoms with Gasteiger partial charge in [0.05, 0.1) is 6.10 Å². The Hall–Kier alpha value is -1.47. The van der Waals surface area contributed by atoms with E-state index in [0.29, 0.717) is 12.7 Å². The van der Waals surface area contributed by atoms with Crippen LogP contribution in [-0.4, -0.2) is 68.1 Å². The minimum absolute atomic E-state index is 0.250. The van der Waals surface area contributed by atoms with Crippen LogP contribution >= 0.6 is 0 Å². The number of carbonyl (C=O) groups is 3. The standard InChI is InChI=1S/C6H11NO3.C6H11N.C2H6.CH2O2/c1-5(10-2)6(3-8)7-4-9;1-7-3-2-5-4-6(5)7;1-2;2-1-3/h3-6H,1-2H3,(H,7,9);5-6H,2-4H2,1H3;1-2H3;1H,(H,2,3)/t5-,6?;;;/m0.../s1. The van der Waals surface area contributed by atoms with Crippen LogP contribution in [0.25, 0.3) is 0 Å². The summed E-state index contributed by atoms with van der Waals surface area (Å²) in [6.07, 6.45) is 3.82. The Kier molecular flexibility index (Phi) is 15.0. The average molecular weight is 318 g/mol. The lowest BCUT2D eigenvalue weighted by atomic mass is 10.2. The van der Waals surface area contributed by atoms with E-state index in [1.54, 1.807) is 6.92 Å². The first-order valence-corrected chi connectivity index (χ1v) is 7.51. The van der Waals surface area contributed by atoms with Crippen molar-refractivity contribution in [3.05, 3.63) is 0 Å². The number of carboxylic acid groups (broad SMARTS) is 1. The van der Waals surface area contributed by atoms with E-state index in [1.165, 1.54) is 26.5 Å². The lowest BCUT2D eigenvalue weighted by Gasteiger charge is -2.15. The molecule has 1 saturated carbocycles. The van der Waals surface area contributed by atoms with E-state index in [4.69, 9.17) is 14.6 Å². The predicted molar refractivity (Wildman–Crippen MR) is 84.7 cm³/mol. The van der Waals surface area contributed by atoms with Crippen molar-refractivity contribution in [1.82, 2.24) is 10.2 Å². The summed E-state index contributed by atoms with van der Waals surface area (Å²) in [6.45, 7) is 6.81. The highest BCUT2D eigenvalue weighted by atomic mass is 16.5. The molecule has 1 aliphatic heterocycles. The molecule has 2 fully saturated rings. The number of ether oxygens (including phenoxy) is 1. The molecule has 7 nitrogen and oxygen atoms in total. The van der Waals surface area contributed by atoms with Crippen molar-refractivity contribution < 1.29 is 24.2 Å². The predicted octanol–water partition coefficient (Wildman–Crippen LogP) is 0.772. The van der Waals surface area contributed by atoms with Gasteiger partial charge in [-0.05, 0) is 39.3 Å². The van der Waals surface area contributed by atoms with Gasteiger partial charge < -0.3 is 24.9 Å². The second-order valence-electron chi connectivity index (χ2n) is 4.83. The number of nitrogens with one attached hydrogen (secondary N) is 1. The molecule has 0 aromatic rings. The average Bonchev–Trinajstić information content (AvgIpc) is 3.25. The molecule has 22 heavy (non-hydrogen) atoms. The number of nitrogens with zero attached hydrogens (tertiary/aromatic N) is 1. The highest BCUT2D eigenvalue weighted by Crippen LogP contribution is 2.42. The van der Waals surface area contributed by atoms with Crippen LogP contribution in [0.1, 0.15) is 33.6 Å². The zero-order chi connectivity index (χ0) is 17.5. The van der Waals surface area contributed by atoms with Gasteiger partial charge in [-0.25, -0.2) is 0 Å². The quantitative estimate of drug-likeness (QED) is 0.727. The maximum absolute atomic E-state index is 10.2. The van der Waals surface area contributed by atoms with E-state index in [9.17, 15) is 9.59 Å². The van der Waals surface area contributed by atoms with Gasteiger partial charge in [0.15, 0.2) is 0 Å². The molecule has 130 valence electrons. The highest BCUT2D eigenvalue weighted by molar-refractivity contribution is 5.64. The Balaban J connectivity index is 0. The van der Waals surface area contributed by atoms with Crippen LogP contribution in [0.2, 0.25) is 0 Å². The molecule has 0 bridgehead atoms. The summed E-state index contributed by atoms with van der Waals surface area (Å²) in [5.74, 6) is 1.12. The molecule has 0 aromatic heterocycles.